The van der Waals surface area contributed by atoms with E-state index in [0.29, 0.717) is 5.69 Å². The van der Waals surface area contributed by atoms with Crippen LogP contribution in [-0.2, 0) is 0 Å². The summed E-state index contributed by atoms with van der Waals surface area (Å²) < 4.78 is 5.71. The minimum atomic E-state index is 0.0571. The van der Waals surface area contributed by atoms with Gasteiger partial charge in [0.05, 0.1) is 12.3 Å². The molecule has 0 spiro atoms. The van der Waals surface area contributed by atoms with E-state index in [1.807, 2.05) is 24.3 Å². The first-order chi connectivity index (χ1) is 8.22. The van der Waals surface area contributed by atoms with Crippen molar-refractivity contribution in [3.05, 3.63) is 30.0 Å². The van der Waals surface area contributed by atoms with Crippen LogP contribution >= 0.6 is 0 Å². The smallest absolute Gasteiger partial charge is 0.175 e. The fourth-order valence-electron chi connectivity index (χ4n) is 1.89. The maximum atomic E-state index is 11.3. The SMILES string of the molecule is CC(=O)c1cc2cc(OCC3CC3)ccc2[nH]1. The molecule has 1 aliphatic carbocycles. The van der Waals surface area contributed by atoms with Gasteiger partial charge in [0.15, 0.2) is 5.78 Å². The number of benzene rings is 1. The molecule has 0 radical (unpaired) electrons. The average molecular weight is 229 g/mol. The van der Waals surface area contributed by atoms with E-state index in [0.717, 1.165) is 29.2 Å². The van der Waals surface area contributed by atoms with Crippen LogP contribution in [0.4, 0.5) is 0 Å². The largest absolute Gasteiger partial charge is 0.493 e. The van der Waals surface area contributed by atoms with Gasteiger partial charge < -0.3 is 9.72 Å². The summed E-state index contributed by atoms with van der Waals surface area (Å²) in [5, 5.41) is 1.03. The third kappa shape index (κ3) is 2.18. The molecule has 1 saturated carbocycles. The molecule has 88 valence electrons. The average Bonchev–Trinajstić information content (AvgIpc) is 3.03. The molecule has 1 aromatic heterocycles. The highest BCUT2D eigenvalue weighted by Gasteiger charge is 2.21. The Bertz CT molecular complexity index is 567. The van der Waals surface area contributed by atoms with Gasteiger partial charge in [0, 0.05) is 17.8 Å². The number of H-pyrrole nitrogens is 1. The number of nitrogens with one attached hydrogen (secondary N) is 1. The lowest BCUT2D eigenvalue weighted by Crippen LogP contribution is -1.98. The van der Waals surface area contributed by atoms with Crippen LogP contribution in [0.5, 0.6) is 5.75 Å². The molecule has 1 heterocycles. The first-order valence-electron chi connectivity index (χ1n) is 5.99. The summed E-state index contributed by atoms with van der Waals surface area (Å²) in [5.41, 5.74) is 1.63. The minimum Gasteiger partial charge on any atom is -0.493 e. The van der Waals surface area contributed by atoms with Crippen molar-refractivity contribution in [2.24, 2.45) is 5.92 Å². The molecule has 1 fully saturated rings. The number of aromatic amines is 1. The van der Waals surface area contributed by atoms with Crippen molar-refractivity contribution in [2.75, 3.05) is 6.61 Å². The van der Waals surface area contributed by atoms with Gasteiger partial charge in [-0.05, 0) is 43.0 Å². The van der Waals surface area contributed by atoms with Gasteiger partial charge in [0.2, 0.25) is 0 Å². The maximum absolute atomic E-state index is 11.3. The third-order valence-electron chi connectivity index (χ3n) is 3.15. The summed E-state index contributed by atoms with van der Waals surface area (Å²) in [5.74, 6) is 1.70. The summed E-state index contributed by atoms with van der Waals surface area (Å²) in [7, 11) is 0. The Balaban J connectivity index is 1.86. The number of ether oxygens (including phenoxy) is 1. The van der Waals surface area contributed by atoms with Gasteiger partial charge in [0.1, 0.15) is 5.75 Å². The Labute approximate surface area is 99.8 Å². The molecular formula is C14H15NO2. The van der Waals surface area contributed by atoms with Crippen molar-refractivity contribution in [3.8, 4) is 5.75 Å². The van der Waals surface area contributed by atoms with Crippen LogP contribution in [0.2, 0.25) is 0 Å². The summed E-state index contributed by atoms with van der Waals surface area (Å²) >= 11 is 0. The molecular weight excluding hydrogens is 214 g/mol. The summed E-state index contributed by atoms with van der Waals surface area (Å²) in [6, 6.07) is 7.78. The molecule has 1 aromatic carbocycles. The molecule has 3 nitrogen and oxygen atoms in total. The van der Waals surface area contributed by atoms with Gasteiger partial charge in [-0.2, -0.15) is 0 Å². The van der Waals surface area contributed by atoms with E-state index in [4.69, 9.17) is 4.74 Å². The van der Waals surface area contributed by atoms with Gasteiger partial charge >= 0.3 is 0 Å². The van der Waals surface area contributed by atoms with E-state index >= 15 is 0 Å². The number of carbonyl (C=O) groups is 1. The topological polar surface area (TPSA) is 42.1 Å². The quantitative estimate of drug-likeness (QED) is 0.818. The number of ketones is 1. The molecule has 3 rings (SSSR count). The van der Waals surface area contributed by atoms with Gasteiger partial charge in [-0.25, -0.2) is 0 Å². The number of hydrogen-bond donors (Lipinski definition) is 1. The van der Waals surface area contributed by atoms with Crippen LogP contribution < -0.4 is 4.74 Å². The molecule has 0 atom stereocenters. The van der Waals surface area contributed by atoms with Crippen molar-refractivity contribution in [1.29, 1.82) is 0 Å². The Morgan fingerprint density at radius 2 is 2.24 bits per heavy atom. The molecule has 0 saturated heterocycles. The molecule has 1 aliphatic rings. The second-order valence-corrected chi connectivity index (χ2v) is 4.74. The highest BCUT2D eigenvalue weighted by molar-refractivity contribution is 5.98. The van der Waals surface area contributed by atoms with E-state index in [1.165, 1.54) is 12.8 Å². The molecule has 2 aromatic rings. The van der Waals surface area contributed by atoms with Crippen molar-refractivity contribution < 1.29 is 9.53 Å². The lowest BCUT2D eigenvalue weighted by molar-refractivity contribution is 0.101. The van der Waals surface area contributed by atoms with E-state index in [1.54, 1.807) is 6.92 Å². The number of Topliss-reactive ketones (excluding diaryl/α,β-unsaturated/α-hetero) is 1. The number of fused-ring (bicyclic) bond motifs is 1. The van der Waals surface area contributed by atoms with Gasteiger partial charge in [-0.1, -0.05) is 0 Å². The normalized spacial score (nSPS) is 15.1. The lowest BCUT2D eigenvalue weighted by atomic mass is 10.2. The number of carbonyl (C=O) groups excluding carboxylic acids is 1. The first-order valence-corrected chi connectivity index (χ1v) is 5.99. The molecule has 0 aliphatic heterocycles. The van der Waals surface area contributed by atoms with Gasteiger partial charge in [-0.3, -0.25) is 4.79 Å². The number of rotatable bonds is 4. The predicted octanol–water partition coefficient (Wildman–Crippen LogP) is 3.16. The zero-order chi connectivity index (χ0) is 11.8. The van der Waals surface area contributed by atoms with Crippen molar-refractivity contribution in [3.63, 3.8) is 0 Å². The van der Waals surface area contributed by atoms with Crippen LogP contribution in [0, 0.1) is 5.92 Å². The zero-order valence-corrected chi connectivity index (χ0v) is 9.82. The molecule has 0 bridgehead atoms. The Morgan fingerprint density at radius 1 is 1.41 bits per heavy atom. The summed E-state index contributed by atoms with van der Waals surface area (Å²) in [6.45, 7) is 2.38. The second-order valence-electron chi connectivity index (χ2n) is 4.74. The molecule has 1 N–H and O–H groups in total. The summed E-state index contributed by atoms with van der Waals surface area (Å²) in [6.07, 6.45) is 2.59. The molecule has 3 heteroatoms. The van der Waals surface area contributed by atoms with E-state index in [2.05, 4.69) is 4.98 Å². The van der Waals surface area contributed by atoms with Crippen molar-refractivity contribution in [2.45, 2.75) is 19.8 Å². The Hall–Kier alpha value is -1.77. The van der Waals surface area contributed by atoms with Crippen LogP contribution in [0.15, 0.2) is 24.3 Å². The van der Waals surface area contributed by atoms with Crippen LogP contribution in [-0.4, -0.2) is 17.4 Å². The Morgan fingerprint density at radius 3 is 2.94 bits per heavy atom. The molecule has 17 heavy (non-hydrogen) atoms. The maximum Gasteiger partial charge on any atom is 0.175 e. The van der Waals surface area contributed by atoms with Crippen molar-refractivity contribution in [1.82, 2.24) is 4.98 Å². The van der Waals surface area contributed by atoms with Crippen molar-refractivity contribution >= 4 is 16.7 Å². The number of hydrogen-bond acceptors (Lipinski definition) is 2. The van der Waals surface area contributed by atoms with E-state index in [-0.39, 0.29) is 5.78 Å². The fourth-order valence-corrected chi connectivity index (χ4v) is 1.89. The highest BCUT2D eigenvalue weighted by atomic mass is 16.5. The number of aromatic nitrogens is 1. The van der Waals surface area contributed by atoms with Crippen LogP contribution in [0.1, 0.15) is 30.3 Å². The van der Waals surface area contributed by atoms with E-state index in [9.17, 15) is 4.79 Å². The highest BCUT2D eigenvalue weighted by Crippen LogP contribution is 2.30. The van der Waals surface area contributed by atoms with Gasteiger partial charge in [-0.15, -0.1) is 0 Å². The predicted molar refractivity (Wildman–Crippen MR) is 66.5 cm³/mol. The van der Waals surface area contributed by atoms with Crippen LogP contribution in [0.3, 0.4) is 0 Å². The van der Waals surface area contributed by atoms with Gasteiger partial charge in [0.25, 0.3) is 0 Å². The third-order valence-corrected chi connectivity index (χ3v) is 3.15. The zero-order valence-electron chi connectivity index (χ0n) is 9.82. The second kappa shape index (κ2) is 3.91. The Kier molecular flexibility index (Phi) is 2.39. The standard InChI is InChI=1S/C14H15NO2/c1-9(16)14-7-11-6-12(4-5-13(11)15-14)17-8-10-2-3-10/h4-7,10,15H,2-3,8H2,1H3. The minimum absolute atomic E-state index is 0.0571. The molecule has 0 amide bonds. The van der Waals surface area contributed by atoms with E-state index < -0.39 is 0 Å². The van der Waals surface area contributed by atoms with Crippen LogP contribution in [0.25, 0.3) is 10.9 Å². The molecule has 0 unspecified atom stereocenters. The fraction of sp³-hybridized carbons (Fsp3) is 0.357. The first kappa shape index (κ1) is 10.4. The lowest BCUT2D eigenvalue weighted by Gasteiger charge is -2.04. The summed E-state index contributed by atoms with van der Waals surface area (Å²) in [4.78, 5) is 14.4. The monoisotopic (exact) mass is 229 g/mol.